The fraction of sp³-hybridized carbons (Fsp3) is 0.273. The Morgan fingerprint density at radius 2 is 1.83 bits per heavy atom. The lowest BCUT2D eigenvalue weighted by atomic mass is 10.0. The van der Waals surface area contributed by atoms with E-state index in [1.54, 1.807) is 23.1 Å². The van der Waals surface area contributed by atoms with E-state index in [0.29, 0.717) is 42.2 Å². The van der Waals surface area contributed by atoms with Gasteiger partial charge < -0.3 is 15.4 Å². The smallest absolute Gasteiger partial charge is 0.383 e. The fourth-order valence-corrected chi connectivity index (χ4v) is 3.63. The lowest BCUT2D eigenvalue weighted by Crippen LogP contribution is -2.30. The number of pyridine rings is 1. The third-order valence-electron chi connectivity index (χ3n) is 5.30. The Balaban J connectivity index is 1.61. The molecule has 2 N–H and O–H groups in total. The summed E-state index contributed by atoms with van der Waals surface area (Å²) < 4.78 is 43.8. The van der Waals surface area contributed by atoms with Crippen molar-refractivity contribution in [3.8, 4) is 0 Å². The minimum absolute atomic E-state index is 0.205. The van der Waals surface area contributed by atoms with Gasteiger partial charge in [0, 0.05) is 29.6 Å². The van der Waals surface area contributed by atoms with Crippen molar-refractivity contribution in [1.82, 2.24) is 9.88 Å². The summed E-state index contributed by atoms with van der Waals surface area (Å²) in [6, 6.07) is 10.1. The number of nitrogens with zero attached hydrogens (tertiary/aromatic N) is 2. The second-order valence-electron chi connectivity index (χ2n) is 7.19. The molecule has 0 fully saturated rings. The Bertz CT molecular complexity index is 1110. The van der Waals surface area contributed by atoms with Crippen LogP contribution in [0.2, 0.25) is 0 Å². The van der Waals surface area contributed by atoms with E-state index in [4.69, 9.17) is 10.5 Å². The number of halogens is 3. The van der Waals surface area contributed by atoms with Crippen molar-refractivity contribution in [2.24, 2.45) is 0 Å². The van der Waals surface area contributed by atoms with Crippen LogP contribution in [0.5, 0.6) is 0 Å². The predicted octanol–water partition coefficient (Wildman–Crippen LogP) is 4.53. The first-order valence-corrected chi connectivity index (χ1v) is 9.52. The topological polar surface area (TPSA) is 68.5 Å². The Kier molecular flexibility index (Phi) is 5.11. The summed E-state index contributed by atoms with van der Waals surface area (Å²) in [4.78, 5) is 19.1. The molecule has 5 nitrogen and oxygen atoms in total. The van der Waals surface area contributed by atoms with Crippen LogP contribution in [-0.4, -0.2) is 22.3 Å². The number of hydrogen-bond donors (Lipinski definition) is 1. The number of nitrogen functional groups attached to an aromatic ring is 1. The van der Waals surface area contributed by atoms with Gasteiger partial charge in [-0.15, -0.1) is 0 Å². The van der Waals surface area contributed by atoms with Gasteiger partial charge in [0.1, 0.15) is 5.82 Å². The molecule has 8 heteroatoms. The molecule has 1 aliphatic heterocycles. The number of nitrogens with two attached hydrogens (primary N) is 1. The van der Waals surface area contributed by atoms with Crippen LogP contribution in [0.15, 0.2) is 42.5 Å². The Morgan fingerprint density at radius 3 is 2.50 bits per heavy atom. The van der Waals surface area contributed by atoms with E-state index in [0.717, 1.165) is 28.6 Å². The molecule has 1 amide bonds. The first-order chi connectivity index (χ1) is 14.3. The first-order valence-electron chi connectivity index (χ1n) is 9.52. The van der Waals surface area contributed by atoms with Crippen molar-refractivity contribution in [2.75, 3.05) is 12.3 Å². The lowest BCUT2D eigenvalue weighted by Gasteiger charge is -2.22. The zero-order valence-electron chi connectivity index (χ0n) is 16.3. The minimum Gasteiger partial charge on any atom is -0.383 e. The third kappa shape index (κ3) is 3.70. The monoisotopic (exact) mass is 415 g/mol. The summed E-state index contributed by atoms with van der Waals surface area (Å²) in [5.41, 5.74) is 8.88. The Labute approximate surface area is 171 Å². The van der Waals surface area contributed by atoms with Crippen LogP contribution in [0, 0.1) is 0 Å². The average Bonchev–Trinajstić information content (AvgIpc) is 3.22. The maximum atomic E-state index is 13.1. The van der Waals surface area contributed by atoms with E-state index in [1.165, 1.54) is 12.1 Å². The van der Waals surface area contributed by atoms with E-state index in [-0.39, 0.29) is 12.5 Å². The highest BCUT2D eigenvalue weighted by molar-refractivity contribution is 5.99. The number of amides is 1. The summed E-state index contributed by atoms with van der Waals surface area (Å²) in [6.07, 6.45) is -4.38. The van der Waals surface area contributed by atoms with E-state index in [1.807, 2.05) is 6.92 Å². The normalized spacial score (nSPS) is 13.5. The molecule has 4 rings (SSSR count). The molecule has 0 saturated carbocycles. The zero-order chi connectivity index (χ0) is 21.5. The highest BCUT2D eigenvalue weighted by Crippen LogP contribution is 2.32. The molecule has 2 heterocycles. The van der Waals surface area contributed by atoms with Crippen LogP contribution in [0.25, 0.3) is 10.9 Å². The summed E-state index contributed by atoms with van der Waals surface area (Å²) in [5, 5.41) is 0.827. The van der Waals surface area contributed by atoms with Gasteiger partial charge in [0.15, 0.2) is 0 Å². The zero-order valence-corrected chi connectivity index (χ0v) is 16.3. The van der Waals surface area contributed by atoms with E-state index in [2.05, 4.69) is 4.98 Å². The van der Waals surface area contributed by atoms with Gasteiger partial charge in [-0.1, -0.05) is 12.1 Å². The number of benzene rings is 2. The molecule has 156 valence electrons. The number of fused-ring (bicyclic) bond motifs is 3. The number of hydrogen-bond acceptors (Lipinski definition) is 4. The second-order valence-corrected chi connectivity index (χ2v) is 7.19. The van der Waals surface area contributed by atoms with Gasteiger partial charge in [0.2, 0.25) is 0 Å². The van der Waals surface area contributed by atoms with Crippen LogP contribution >= 0.6 is 0 Å². The van der Waals surface area contributed by atoms with E-state index < -0.39 is 11.7 Å². The molecule has 0 spiro atoms. The third-order valence-corrected chi connectivity index (χ3v) is 5.30. The number of alkyl halides is 3. The Morgan fingerprint density at radius 1 is 1.13 bits per heavy atom. The van der Waals surface area contributed by atoms with Gasteiger partial charge in [-0.25, -0.2) is 4.98 Å². The highest BCUT2D eigenvalue weighted by Gasteiger charge is 2.30. The largest absolute Gasteiger partial charge is 0.416 e. The van der Waals surface area contributed by atoms with Gasteiger partial charge in [-0.3, -0.25) is 4.79 Å². The molecule has 1 aromatic heterocycles. The van der Waals surface area contributed by atoms with Crippen molar-refractivity contribution in [3.63, 3.8) is 0 Å². The van der Waals surface area contributed by atoms with Crippen LogP contribution in [0.4, 0.5) is 19.0 Å². The summed E-state index contributed by atoms with van der Waals surface area (Å²) >= 11 is 0. The molecule has 30 heavy (non-hydrogen) atoms. The number of aromatic nitrogens is 1. The van der Waals surface area contributed by atoms with Crippen LogP contribution in [0.3, 0.4) is 0 Å². The quantitative estimate of drug-likeness (QED) is 0.680. The molecule has 3 aromatic rings. The van der Waals surface area contributed by atoms with Gasteiger partial charge in [0.05, 0.1) is 24.3 Å². The fourth-order valence-electron chi connectivity index (χ4n) is 3.63. The van der Waals surface area contributed by atoms with Gasteiger partial charge in [-0.05, 0) is 48.4 Å². The predicted molar refractivity (Wildman–Crippen MR) is 107 cm³/mol. The van der Waals surface area contributed by atoms with Crippen molar-refractivity contribution in [3.05, 3.63) is 70.3 Å². The summed E-state index contributed by atoms with van der Waals surface area (Å²) in [6.45, 7) is 3.28. The second kappa shape index (κ2) is 7.60. The van der Waals surface area contributed by atoms with Crippen LogP contribution in [0.1, 0.15) is 39.5 Å². The minimum atomic E-state index is -4.38. The molecule has 0 atom stereocenters. The maximum Gasteiger partial charge on any atom is 0.416 e. The molecule has 2 aromatic carbocycles. The molecule has 0 aliphatic carbocycles. The molecule has 0 saturated heterocycles. The first kappa shape index (κ1) is 20.2. The standard InChI is InChI=1S/C22H20F3N3O2/c1-2-28(10-13-3-6-15(7-4-13)22(23,24)25)21(29)14-5-8-19-16(9-14)17-11-30-12-18(17)20(26)27-19/h3-9H,2,10-12H2,1H3,(H2,26,27). The van der Waals surface area contributed by atoms with E-state index in [9.17, 15) is 18.0 Å². The van der Waals surface area contributed by atoms with Gasteiger partial charge >= 0.3 is 6.18 Å². The van der Waals surface area contributed by atoms with Crippen LogP contribution in [-0.2, 0) is 30.7 Å². The van der Waals surface area contributed by atoms with Crippen molar-refractivity contribution in [1.29, 1.82) is 0 Å². The average molecular weight is 415 g/mol. The number of carbonyl (C=O) groups is 1. The number of anilines is 1. The summed E-state index contributed by atoms with van der Waals surface area (Å²) in [5.74, 6) is 0.232. The molecular formula is C22H20F3N3O2. The maximum absolute atomic E-state index is 13.1. The van der Waals surface area contributed by atoms with Crippen molar-refractivity contribution in [2.45, 2.75) is 32.9 Å². The molecule has 0 radical (unpaired) electrons. The van der Waals surface area contributed by atoms with Crippen LogP contribution < -0.4 is 5.73 Å². The Hall–Kier alpha value is -3.13. The molecule has 1 aliphatic rings. The lowest BCUT2D eigenvalue weighted by molar-refractivity contribution is -0.137. The van der Waals surface area contributed by atoms with Crippen molar-refractivity contribution >= 4 is 22.6 Å². The molecule has 0 unspecified atom stereocenters. The van der Waals surface area contributed by atoms with Gasteiger partial charge in [0.25, 0.3) is 5.91 Å². The SMILES string of the molecule is CCN(Cc1ccc(C(F)(F)F)cc1)C(=O)c1ccc2nc(N)c3c(c2c1)COC3. The molecular weight excluding hydrogens is 395 g/mol. The molecule has 0 bridgehead atoms. The van der Waals surface area contributed by atoms with E-state index >= 15 is 0 Å². The highest BCUT2D eigenvalue weighted by atomic mass is 19.4. The van der Waals surface area contributed by atoms with Gasteiger partial charge in [-0.2, -0.15) is 13.2 Å². The number of rotatable bonds is 4. The summed E-state index contributed by atoms with van der Waals surface area (Å²) in [7, 11) is 0. The number of carbonyl (C=O) groups excluding carboxylic acids is 1. The number of ether oxygens (including phenoxy) is 1. The van der Waals surface area contributed by atoms with Crippen molar-refractivity contribution < 1.29 is 22.7 Å².